The molecule has 7 nitrogen and oxygen atoms in total. The SMILES string of the molecule is CCn1c(CC(=O)Nc2ccccc2)nnc1SCC(=O)c1ccc(OC)cc1. The molecule has 29 heavy (non-hydrogen) atoms. The topological polar surface area (TPSA) is 86.1 Å². The number of methoxy groups -OCH3 is 1. The van der Waals surface area contributed by atoms with Gasteiger partial charge in [0, 0.05) is 17.8 Å². The quantitative estimate of drug-likeness (QED) is 0.429. The third-order valence-electron chi connectivity index (χ3n) is 4.23. The van der Waals surface area contributed by atoms with Crippen LogP contribution in [-0.2, 0) is 17.8 Å². The molecule has 0 saturated carbocycles. The molecule has 0 bridgehead atoms. The molecule has 1 amide bonds. The van der Waals surface area contributed by atoms with Gasteiger partial charge in [0.2, 0.25) is 5.91 Å². The van der Waals surface area contributed by atoms with Gasteiger partial charge in [-0.3, -0.25) is 9.59 Å². The van der Waals surface area contributed by atoms with Crippen LogP contribution in [0, 0.1) is 0 Å². The lowest BCUT2D eigenvalue weighted by atomic mass is 10.1. The van der Waals surface area contributed by atoms with Crippen LogP contribution in [-0.4, -0.2) is 39.3 Å². The van der Waals surface area contributed by atoms with Gasteiger partial charge in [-0.2, -0.15) is 0 Å². The summed E-state index contributed by atoms with van der Waals surface area (Å²) in [7, 11) is 1.59. The fourth-order valence-electron chi connectivity index (χ4n) is 2.73. The largest absolute Gasteiger partial charge is 0.497 e. The molecule has 0 aliphatic heterocycles. The number of nitrogens with zero attached hydrogens (tertiary/aromatic N) is 3. The average Bonchev–Trinajstić information content (AvgIpc) is 3.13. The average molecular weight is 410 g/mol. The molecule has 0 aliphatic carbocycles. The van der Waals surface area contributed by atoms with Crippen molar-refractivity contribution < 1.29 is 14.3 Å². The van der Waals surface area contributed by atoms with E-state index in [-0.39, 0.29) is 23.9 Å². The molecule has 150 valence electrons. The third-order valence-corrected chi connectivity index (χ3v) is 5.20. The Labute approximate surface area is 173 Å². The maximum absolute atomic E-state index is 12.4. The first-order valence-corrected chi connectivity index (χ1v) is 10.2. The molecule has 0 saturated heterocycles. The van der Waals surface area contributed by atoms with E-state index in [1.807, 2.05) is 41.8 Å². The molecule has 3 aromatic rings. The molecule has 3 rings (SSSR count). The maximum atomic E-state index is 12.4. The number of benzene rings is 2. The van der Waals surface area contributed by atoms with Crippen molar-refractivity contribution >= 4 is 29.1 Å². The number of aromatic nitrogens is 3. The minimum atomic E-state index is -0.163. The standard InChI is InChI=1S/C21H22N4O3S/c1-3-25-19(13-20(27)22-16-7-5-4-6-8-16)23-24-21(25)29-14-18(26)15-9-11-17(28-2)12-10-15/h4-12H,3,13-14H2,1-2H3,(H,22,27). The second kappa shape index (κ2) is 9.88. The highest BCUT2D eigenvalue weighted by atomic mass is 32.2. The molecule has 0 unspecified atom stereocenters. The summed E-state index contributed by atoms with van der Waals surface area (Å²) in [6, 6.07) is 16.3. The van der Waals surface area contributed by atoms with Crippen LogP contribution in [0.15, 0.2) is 59.8 Å². The zero-order valence-corrected chi connectivity index (χ0v) is 17.1. The molecule has 0 spiro atoms. The maximum Gasteiger partial charge on any atom is 0.232 e. The van der Waals surface area contributed by atoms with E-state index in [0.29, 0.717) is 28.8 Å². The lowest BCUT2D eigenvalue weighted by molar-refractivity contribution is -0.115. The number of rotatable bonds is 9. The van der Waals surface area contributed by atoms with E-state index in [4.69, 9.17) is 4.74 Å². The molecule has 0 fully saturated rings. The van der Waals surface area contributed by atoms with Gasteiger partial charge in [-0.15, -0.1) is 10.2 Å². The minimum Gasteiger partial charge on any atom is -0.497 e. The predicted molar refractivity (Wildman–Crippen MR) is 113 cm³/mol. The van der Waals surface area contributed by atoms with Crippen molar-refractivity contribution in [1.29, 1.82) is 0 Å². The Bertz CT molecular complexity index is 971. The van der Waals surface area contributed by atoms with Crippen molar-refractivity contribution in [3.63, 3.8) is 0 Å². The summed E-state index contributed by atoms with van der Waals surface area (Å²) in [5.74, 6) is 1.34. The summed E-state index contributed by atoms with van der Waals surface area (Å²) in [5, 5.41) is 11.8. The first-order chi connectivity index (χ1) is 14.1. The zero-order valence-electron chi connectivity index (χ0n) is 16.3. The van der Waals surface area contributed by atoms with Crippen molar-refractivity contribution in [2.45, 2.75) is 25.0 Å². The molecule has 8 heteroatoms. The lowest BCUT2D eigenvalue weighted by Crippen LogP contribution is -2.17. The number of para-hydroxylation sites is 1. The van der Waals surface area contributed by atoms with Gasteiger partial charge in [-0.05, 0) is 43.3 Å². The fourth-order valence-corrected chi connectivity index (χ4v) is 3.65. The van der Waals surface area contributed by atoms with Crippen LogP contribution in [0.1, 0.15) is 23.1 Å². The Hall–Kier alpha value is -3.13. The highest BCUT2D eigenvalue weighted by molar-refractivity contribution is 7.99. The van der Waals surface area contributed by atoms with Gasteiger partial charge in [0.1, 0.15) is 11.6 Å². The summed E-state index contributed by atoms with van der Waals surface area (Å²) >= 11 is 1.31. The molecule has 1 heterocycles. The van der Waals surface area contributed by atoms with Crippen molar-refractivity contribution in [3.05, 3.63) is 66.0 Å². The summed E-state index contributed by atoms with van der Waals surface area (Å²) < 4.78 is 6.97. The van der Waals surface area contributed by atoms with Crippen LogP contribution < -0.4 is 10.1 Å². The lowest BCUT2D eigenvalue weighted by Gasteiger charge is -2.08. The van der Waals surface area contributed by atoms with Gasteiger partial charge in [0.05, 0.1) is 19.3 Å². The predicted octanol–water partition coefficient (Wildman–Crippen LogP) is 3.46. The number of amides is 1. The Morgan fingerprint density at radius 1 is 1.07 bits per heavy atom. The smallest absolute Gasteiger partial charge is 0.232 e. The number of Topliss-reactive ketones (excluding diaryl/α,β-unsaturated/α-hetero) is 1. The van der Waals surface area contributed by atoms with Gasteiger partial charge in [-0.25, -0.2) is 0 Å². The second-order valence-electron chi connectivity index (χ2n) is 6.17. The molecule has 1 N–H and O–H groups in total. The number of ketones is 1. The molecular formula is C21H22N4O3S. The number of thioether (sulfide) groups is 1. The fraction of sp³-hybridized carbons (Fsp3) is 0.238. The molecule has 2 aromatic carbocycles. The monoisotopic (exact) mass is 410 g/mol. The summed E-state index contributed by atoms with van der Waals surface area (Å²) in [4.78, 5) is 24.7. The first kappa shape index (κ1) is 20.6. The molecular weight excluding hydrogens is 388 g/mol. The van der Waals surface area contributed by atoms with Gasteiger partial charge in [-0.1, -0.05) is 30.0 Å². The van der Waals surface area contributed by atoms with Crippen molar-refractivity contribution in [2.75, 3.05) is 18.2 Å². The van der Waals surface area contributed by atoms with Crippen molar-refractivity contribution in [3.8, 4) is 5.75 Å². The van der Waals surface area contributed by atoms with E-state index in [0.717, 1.165) is 5.69 Å². The number of ether oxygens (including phenoxy) is 1. The van der Waals surface area contributed by atoms with E-state index in [1.54, 1.807) is 31.4 Å². The van der Waals surface area contributed by atoms with E-state index in [1.165, 1.54) is 11.8 Å². The van der Waals surface area contributed by atoms with E-state index < -0.39 is 0 Å². The van der Waals surface area contributed by atoms with Crippen molar-refractivity contribution in [1.82, 2.24) is 14.8 Å². The second-order valence-corrected chi connectivity index (χ2v) is 7.12. The van der Waals surface area contributed by atoms with Gasteiger partial charge >= 0.3 is 0 Å². The van der Waals surface area contributed by atoms with E-state index >= 15 is 0 Å². The number of carbonyl (C=O) groups is 2. The van der Waals surface area contributed by atoms with Crippen LogP contribution >= 0.6 is 11.8 Å². The normalized spacial score (nSPS) is 10.6. The third kappa shape index (κ3) is 5.45. The highest BCUT2D eigenvalue weighted by Gasteiger charge is 2.16. The Morgan fingerprint density at radius 3 is 2.45 bits per heavy atom. The first-order valence-electron chi connectivity index (χ1n) is 9.17. The number of hydrogen-bond acceptors (Lipinski definition) is 6. The number of hydrogen-bond donors (Lipinski definition) is 1. The Kier molecular flexibility index (Phi) is 7.02. The number of carbonyl (C=O) groups excluding carboxylic acids is 2. The van der Waals surface area contributed by atoms with Crippen LogP contribution in [0.2, 0.25) is 0 Å². The van der Waals surface area contributed by atoms with Crippen LogP contribution in [0.4, 0.5) is 5.69 Å². The molecule has 0 atom stereocenters. The Balaban J connectivity index is 1.61. The summed E-state index contributed by atoms with van der Waals surface area (Å²) in [6.45, 7) is 2.57. The van der Waals surface area contributed by atoms with Crippen molar-refractivity contribution in [2.24, 2.45) is 0 Å². The Morgan fingerprint density at radius 2 is 1.79 bits per heavy atom. The van der Waals surface area contributed by atoms with Crippen LogP contribution in [0.5, 0.6) is 5.75 Å². The van der Waals surface area contributed by atoms with E-state index in [2.05, 4.69) is 15.5 Å². The summed E-state index contributed by atoms with van der Waals surface area (Å²) in [6.07, 6.45) is 0.114. The number of anilines is 1. The highest BCUT2D eigenvalue weighted by Crippen LogP contribution is 2.20. The van der Waals surface area contributed by atoms with E-state index in [9.17, 15) is 9.59 Å². The zero-order chi connectivity index (χ0) is 20.6. The summed E-state index contributed by atoms with van der Waals surface area (Å²) in [5.41, 5.74) is 1.35. The van der Waals surface area contributed by atoms with Crippen LogP contribution in [0.25, 0.3) is 0 Å². The molecule has 1 aromatic heterocycles. The number of nitrogens with one attached hydrogen (secondary N) is 1. The van der Waals surface area contributed by atoms with Gasteiger partial charge in [0.15, 0.2) is 10.9 Å². The molecule has 0 aliphatic rings. The van der Waals surface area contributed by atoms with Gasteiger partial charge < -0.3 is 14.6 Å². The van der Waals surface area contributed by atoms with Crippen LogP contribution in [0.3, 0.4) is 0 Å². The van der Waals surface area contributed by atoms with Gasteiger partial charge in [0.25, 0.3) is 0 Å². The molecule has 0 radical (unpaired) electrons. The minimum absolute atomic E-state index is 0.00771.